The van der Waals surface area contributed by atoms with Crippen LogP contribution in [0, 0.1) is 12.8 Å². The van der Waals surface area contributed by atoms with Crippen LogP contribution in [-0.4, -0.2) is 35.4 Å². The van der Waals surface area contributed by atoms with Crippen molar-refractivity contribution in [1.29, 1.82) is 0 Å². The summed E-state index contributed by atoms with van der Waals surface area (Å²) in [6.45, 7) is 4.89. The van der Waals surface area contributed by atoms with E-state index in [1.54, 1.807) is 19.9 Å². The molecule has 1 aliphatic rings. The molecule has 0 radical (unpaired) electrons. The van der Waals surface area contributed by atoms with Crippen LogP contribution >= 0.6 is 11.6 Å². The smallest absolute Gasteiger partial charge is 0.412 e. The van der Waals surface area contributed by atoms with Crippen LogP contribution in [0.5, 0.6) is 0 Å². The molecule has 1 aromatic heterocycles. The molecule has 1 aliphatic heterocycles. The first-order valence-electron chi connectivity index (χ1n) is 13.2. The molecular formula is C31H30ClN3O5. The number of amides is 1. The second-order valence-electron chi connectivity index (χ2n) is 9.91. The topological polar surface area (TPSA) is 105 Å². The van der Waals surface area contributed by atoms with Crippen LogP contribution in [0.1, 0.15) is 37.1 Å². The van der Waals surface area contributed by atoms with Crippen LogP contribution in [0.3, 0.4) is 0 Å². The maximum atomic E-state index is 12.7. The van der Waals surface area contributed by atoms with Crippen LogP contribution in [0.25, 0.3) is 22.5 Å². The summed E-state index contributed by atoms with van der Waals surface area (Å²) in [5, 5.41) is 16.7. The molecule has 4 aromatic rings. The zero-order valence-electron chi connectivity index (χ0n) is 22.3. The van der Waals surface area contributed by atoms with Gasteiger partial charge in [-0.2, -0.15) is 0 Å². The summed E-state index contributed by atoms with van der Waals surface area (Å²) in [6.07, 6.45) is 0.411. The predicted molar refractivity (Wildman–Crippen MR) is 155 cm³/mol. The summed E-state index contributed by atoms with van der Waals surface area (Å²) in [6, 6.07) is 23.1. The number of carboxylic acid groups (broad SMARTS) is 1. The Morgan fingerprint density at radius 2 is 1.70 bits per heavy atom. The largest absolute Gasteiger partial charge is 0.481 e. The van der Waals surface area contributed by atoms with Crippen molar-refractivity contribution in [3.05, 3.63) is 89.1 Å². The number of hydrogen-bond donors (Lipinski definition) is 2. The molecule has 2 N–H and O–H groups in total. The monoisotopic (exact) mass is 559 g/mol. The molecule has 0 bridgehead atoms. The number of rotatable bonds is 7. The average molecular weight is 560 g/mol. The van der Waals surface area contributed by atoms with Gasteiger partial charge in [0.05, 0.1) is 5.92 Å². The minimum Gasteiger partial charge on any atom is -0.481 e. The lowest BCUT2D eigenvalue weighted by molar-refractivity contribution is -0.141. The highest BCUT2D eigenvalue weighted by Crippen LogP contribution is 2.34. The number of carboxylic acids is 1. The molecule has 206 valence electrons. The number of nitrogens with one attached hydrogen (secondary N) is 1. The van der Waals surface area contributed by atoms with Gasteiger partial charge in [-0.1, -0.05) is 71.4 Å². The molecule has 0 saturated carbocycles. The van der Waals surface area contributed by atoms with Gasteiger partial charge in [-0.3, -0.25) is 10.1 Å². The van der Waals surface area contributed by atoms with E-state index in [2.05, 4.69) is 15.4 Å². The van der Waals surface area contributed by atoms with Crippen molar-refractivity contribution in [3.63, 3.8) is 0 Å². The number of ether oxygens (including phenoxy) is 1. The molecule has 0 aliphatic carbocycles. The second kappa shape index (κ2) is 11.8. The first-order chi connectivity index (χ1) is 19.3. The highest BCUT2D eigenvalue weighted by Gasteiger charge is 2.25. The molecule has 8 nitrogen and oxygen atoms in total. The van der Waals surface area contributed by atoms with Crippen molar-refractivity contribution < 1.29 is 24.0 Å². The molecule has 1 saturated heterocycles. The maximum absolute atomic E-state index is 12.7. The van der Waals surface area contributed by atoms with Gasteiger partial charge in [-0.15, -0.1) is 0 Å². The molecule has 1 fully saturated rings. The van der Waals surface area contributed by atoms with Crippen molar-refractivity contribution in [1.82, 2.24) is 5.16 Å². The van der Waals surface area contributed by atoms with Gasteiger partial charge in [0.2, 0.25) is 0 Å². The van der Waals surface area contributed by atoms with E-state index in [0.717, 1.165) is 41.8 Å². The normalized spacial score (nSPS) is 15.9. The second-order valence-corrected chi connectivity index (χ2v) is 10.3. The van der Waals surface area contributed by atoms with E-state index in [-0.39, 0.29) is 5.92 Å². The SMILES string of the molecule is Cc1noc(-c2ccc(-c3ccc(N4CCCC(C(=O)O)C4)cc3)cc2)c1NC(=O)OC(C)c1ccccc1Cl. The van der Waals surface area contributed by atoms with E-state index < -0.39 is 18.2 Å². The molecule has 2 heterocycles. The number of benzene rings is 3. The van der Waals surface area contributed by atoms with Crippen LogP contribution in [-0.2, 0) is 9.53 Å². The number of nitrogens with zero attached hydrogens (tertiary/aromatic N) is 2. The minimum atomic E-state index is -0.731. The summed E-state index contributed by atoms with van der Waals surface area (Å²) in [7, 11) is 0. The van der Waals surface area contributed by atoms with Gasteiger partial charge in [0.1, 0.15) is 17.5 Å². The van der Waals surface area contributed by atoms with Crippen molar-refractivity contribution in [2.24, 2.45) is 5.92 Å². The Labute approximate surface area is 237 Å². The fourth-order valence-corrected chi connectivity index (χ4v) is 5.26. The summed E-state index contributed by atoms with van der Waals surface area (Å²) in [4.78, 5) is 26.2. The zero-order valence-corrected chi connectivity index (χ0v) is 23.0. The van der Waals surface area contributed by atoms with Gasteiger partial charge in [-0.25, -0.2) is 4.79 Å². The van der Waals surface area contributed by atoms with Crippen molar-refractivity contribution in [2.75, 3.05) is 23.3 Å². The third-order valence-electron chi connectivity index (χ3n) is 7.20. The van der Waals surface area contributed by atoms with E-state index >= 15 is 0 Å². The molecule has 3 aromatic carbocycles. The van der Waals surface area contributed by atoms with Crippen LogP contribution in [0.2, 0.25) is 5.02 Å². The van der Waals surface area contributed by atoms with Crippen LogP contribution in [0.15, 0.2) is 77.3 Å². The zero-order chi connectivity index (χ0) is 28.2. The van der Waals surface area contributed by atoms with E-state index in [1.165, 1.54) is 0 Å². The molecule has 2 atom stereocenters. The summed E-state index contributed by atoms with van der Waals surface area (Å²) < 4.78 is 11.1. The quantitative estimate of drug-likeness (QED) is 0.240. The van der Waals surface area contributed by atoms with Gasteiger partial charge in [0, 0.05) is 34.9 Å². The van der Waals surface area contributed by atoms with Gasteiger partial charge < -0.3 is 19.3 Å². The van der Waals surface area contributed by atoms with E-state index in [1.807, 2.05) is 66.7 Å². The maximum Gasteiger partial charge on any atom is 0.412 e. The first-order valence-corrected chi connectivity index (χ1v) is 13.5. The molecule has 40 heavy (non-hydrogen) atoms. The van der Waals surface area contributed by atoms with Crippen LogP contribution in [0.4, 0.5) is 16.2 Å². The number of halogens is 1. The Balaban J connectivity index is 1.27. The minimum absolute atomic E-state index is 0.326. The molecule has 5 rings (SSSR count). The van der Waals surface area contributed by atoms with Crippen LogP contribution < -0.4 is 10.2 Å². The fraction of sp³-hybridized carbons (Fsp3) is 0.258. The molecule has 2 unspecified atom stereocenters. The lowest BCUT2D eigenvalue weighted by Gasteiger charge is -2.32. The third-order valence-corrected chi connectivity index (χ3v) is 7.54. The van der Waals surface area contributed by atoms with Gasteiger partial charge in [0.15, 0.2) is 5.76 Å². The number of anilines is 2. The first kappa shape index (κ1) is 27.3. The Morgan fingerprint density at radius 3 is 2.38 bits per heavy atom. The Kier molecular flexibility index (Phi) is 8.07. The highest BCUT2D eigenvalue weighted by atomic mass is 35.5. The van der Waals surface area contributed by atoms with E-state index in [9.17, 15) is 14.7 Å². The lowest BCUT2D eigenvalue weighted by Crippen LogP contribution is -2.38. The lowest BCUT2D eigenvalue weighted by atomic mass is 9.97. The summed E-state index contributed by atoms with van der Waals surface area (Å²) in [5.74, 6) is -0.627. The van der Waals surface area contributed by atoms with E-state index in [4.69, 9.17) is 20.9 Å². The van der Waals surface area contributed by atoms with Gasteiger partial charge in [-0.05, 0) is 56.0 Å². The Hall–Kier alpha value is -4.30. The van der Waals surface area contributed by atoms with E-state index in [0.29, 0.717) is 34.3 Å². The number of aryl methyl sites for hydroxylation is 1. The van der Waals surface area contributed by atoms with Gasteiger partial charge >= 0.3 is 12.1 Å². The average Bonchev–Trinajstić information content (AvgIpc) is 3.32. The standard InChI is InChI=1S/C31H30ClN3O5/c1-19-28(33-31(38)39-20(2)26-7-3-4-8-27(26)32)29(40-34-19)23-11-9-21(10-12-23)22-13-15-25(16-14-22)35-17-5-6-24(18-35)30(36)37/h3-4,7-16,20,24H,5-6,17-18H2,1-2H3,(H,33,38)(H,36,37). The number of aromatic nitrogens is 1. The molecular weight excluding hydrogens is 530 g/mol. The highest BCUT2D eigenvalue weighted by molar-refractivity contribution is 6.31. The van der Waals surface area contributed by atoms with Crippen molar-refractivity contribution in [2.45, 2.75) is 32.8 Å². The van der Waals surface area contributed by atoms with Crippen molar-refractivity contribution in [3.8, 4) is 22.5 Å². The Bertz CT molecular complexity index is 1500. The molecule has 1 amide bonds. The number of carbonyl (C=O) groups is 2. The number of carbonyl (C=O) groups excluding carboxylic acids is 1. The Morgan fingerprint density at radius 1 is 1.05 bits per heavy atom. The predicted octanol–water partition coefficient (Wildman–Crippen LogP) is 7.58. The number of piperidine rings is 1. The third kappa shape index (κ3) is 5.97. The number of hydrogen-bond acceptors (Lipinski definition) is 6. The molecule has 0 spiro atoms. The fourth-order valence-electron chi connectivity index (χ4n) is 4.97. The van der Waals surface area contributed by atoms with Gasteiger partial charge in [0.25, 0.3) is 0 Å². The summed E-state index contributed by atoms with van der Waals surface area (Å²) in [5.41, 5.74) is 5.50. The van der Waals surface area contributed by atoms with Crippen molar-refractivity contribution >= 4 is 35.0 Å². The molecule has 9 heteroatoms. The summed E-state index contributed by atoms with van der Waals surface area (Å²) >= 11 is 6.23. The number of aliphatic carboxylic acids is 1.